The van der Waals surface area contributed by atoms with Crippen LogP contribution in [0.25, 0.3) is 22.0 Å². The molecule has 0 aliphatic carbocycles. The summed E-state index contributed by atoms with van der Waals surface area (Å²) in [7, 11) is 1.49. The van der Waals surface area contributed by atoms with E-state index in [0.717, 1.165) is 22.8 Å². The number of anilines is 1. The van der Waals surface area contributed by atoms with Crippen molar-refractivity contribution >= 4 is 34.9 Å². The number of nitrogens with zero attached hydrogens (tertiary/aromatic N) is 3. The van der Waals surface area contributed by atoms with Crippen molar-refractivity contribution in [3.8, 4) is 22.6 Å². The van der Waals surface area contributed by atoms with Crippen LogP contribution < -0.4 is 9.64 Å². The number of hydrogen-bond acceptors (Lipinski definition) is 6. The fourth-order valence-electron chi connectivity index (χ4n) is 5.47. The molecule has 9 nitrogen and oxygen atoms in total. The fraction of sp³-hybridized carbons (Fsp3) is 0.258. The molecular formula is C31H31N3O6. The summed E-state index contributed by atoms with van der Waals surface area (Å²) in [5.74, 6) is 0.513. The van der Waals surface area contributed by atoms with Gasteiger partial charge < -0.3 is 19.8 Å². The van der Waals surface area contributed by atoms with Crippen LogP contribution in [0, 0.1) is 0 Å². The zero-order valence-corrected chi connectivity index (χ0v) is 22.2. The lowest BCUT2D eigenvalue weighted by atomic mass is 9.98. The summed E-state index contributed by atoms with van der Waals surface area (Å²) in [6.07, 6.45) is 3.03. The fourth-order valence-corrected chi connectivity index (χ4v) is 5.47. The molecule has 1 saturated heterocycles. The SMILES string of the molecule is COc1cc2c(ccn2C(=O)CCN2CCC(N(C(=O)O)c3ccccc3-c3ccc(O)cc3)CC2)cc1C=O. The van der Waals surface area contributed by atoms with Gasteiger partial charge in [0.25, 0.3) is 0 Å². The highest BCUT2D eigenvalue weighted by Crippen LogP contribution is 2.35. The van der Waals surface area contributed by atoms with E-state index in [4.69, 9.17) is 4.74 Å². The summed E-state index contributed by atoms with van der Waals surface area (Å²) >= 11 is 0. The van der Waals surface area contributed by atoms with E-state index in [1.165, 1.54) is 12.0 Å². The third kappa shape index (κ3) is 5.41. The van der Waals surface area contributed by atoms with E-state index in [-0.39, 0.29) is 17.7 Å². The minimum Gasteiger partial charge on any atom is -0.508 e. The number of carbonyl (C=O) groups is 3. The molecule has 206 valence electrons. The maximum atomic E-state index is 13.1. The highest BCUT2D eigenvalue weighted by molar-refractivity contribution is 5.97. The molecule has 1 fully saturated rings. The maximum Gasteiger partial charge on any atom is 0.412 e. The molecule has 1 aliphatic heterocycles. The van der Waals surface area contributed by atoms with E-state index in [2.05, 4.69) is 4.90 Å². The highest BCUT2D eigenvalue weighted by atomic mass is 16.5. The third-order valence-corrected chi connectivity index (χ3v) is 7.55. The van der Waals surface area contributed by atoms with Crippen LogP contribution in [0.3, 0.4) is 0 Å². The number of phenols is 1. The van der Waals surface area contributed by atoms with Gasteiger partial charge in [-0.05, 0) is 48.7 Å². The van der Waals surface area contributed by atoms with E-state index in [9.17, 15) is 24.6 Å². The zero-order valence-electron chi connectivity index (χ0n) is 22.2. The molecule has 5 rings (SSSR count). The van der Waals surface area contributed by atoms with Crippen LogP contribution in [0.4, 0.5) is 10.5 Å². The van der Waals surface area contributed by atoms with Crippen molar-refractivity contribution in [3.05, 3.63) is 78.5 Å². The van der Waals surface area contributed by atoms with Crippen molar-refractivity contribution in [3.63, 3.8) is 0 Å². The van der Waals surface area contributed by atoms with Gasteiger partial charge in [0.1, 0.15) is 11.5 Å². The molecule has 0 bridgehead atoms. The first-order valence-electron chi connectivity index (χ1n) is 13.2. The largest absolute Gasteiger partial charge is 0.508 e. The second-order valence-electron chi connectivity index (χ2n) is 9.89. The predicted molar refractivity (Wildman–Crippen MR) is 153 cm³/mol. The van der Waals surface area contributed by atoms with Crippen LogP contribution in [0.2, 0.25) is 0 Å². The molecule has 9 heteroatoms. The molecule has 2 N–H and O–H groups in total. The number of piperidine rings is 1. The number of aromatic nitrogens is 1. The average Bonchev–Trinajstić information content (AvgIpc) is 3.39. The van der Waals surface area contributed by atoms with Crippen molar-refractivity contribution in [2.24, 2.45) is 0 Å². The molecule has 1 aliphatic rings. The Balaban J connectivity index is 1.24. The van der Waals surface area contributed by atoms with Gasteiger partial charge in [-0.25, -0.2) is 4.79 Å². The standard InChI is InChI=1S/C31H31N3O6/c1-40-29-19-28-22(18-23(29)20-35)10-17-33(28)30(37)13-16-32-14-11-24(12-15-32)34(31(38)39)27-5-3-2-4-26(27)21-6-8-25(36)9-7-21/h2-10,17-20,24,36H,11-16H2,1H3,(H,38,39). The molecular weight excluding hydrogens is 510 g/mol. The summed E-state index contributed by atoms with van der Waals surface area (Å²) in [6.45, 7) is 1.91. The highest BCUT2D eigenvalue weighted by Gasteiger charge is 2.30. The van der Waals surface area contributed by atoms with E-state index in [1.807, 2.05) is 30.3 Å². The second-order valence-corrected chi connectivity index (χ2v) is 9.89. The minimum atomic E-state index is -1.01. The van der Waals surface area contributed by atoms with Gasteiger partial charge in [-0.15, -0.1) is 0 Å². The van der Waals surface area contributed by atoms with Crippen LogP contribution >= 0.6 is 0 Å². The second kappa shape index (κ2) is 11.6. The number of aldehydes is 1. The first-order chi connectivity index (χ1) is 19.4. The summed E-state index contributed by atoms with van der Waals surface area (Å²) in [5, 5.41) is 20.7. The summed E-state index contributed by atoms with van der Waals surface area (Å²) < 4.78 is 6.89. The number of benzene rings is 3. The Labute approximate surface area is 231 Å². The molecule has 0 radical (unpaired) electrons. The lowest BCUT2D eigenvalue weighted by molar-refractivity contribution is 0.0881. The first-order valence-corrected chi connectivity index (χ1v) is 13.2. The normalized spacial score (nSPS) is 14.2. The molecule has 1 amide bonds. The molecule has 3 aromatic carbocycles. The van der Waals surface area contributed by atoms with Gasteiger partial charge in [0.05, 0.1) is 23.9 Å². The van der Waals surface area contributed by atoms with Crippen molar-refractivity contribution in [2.75, 3.05) is 31.6 Å². The van der Waals surface area contributed by atoms with Gasteiger partial charge in [-0.2, -0.15) is 0 Å². The number of amides is 1. The Bertz CT molecular complexity index is 1540. The number of phenolic OH excluding ortho intramolecular Hbond substituents is 1. The van der Waals surface area contributed by atoms with Crippen molar-refractivity contribution < 1.29 is 29.3 Å². The van der Waals surface area contributed by atoms with Gasteiger partial charge in [-0.3, -0.25) is 19.1 Å². The molecule has 1 aromatic heterocycles. The van der Waals surface area contributed by atoms with Gasteiger partial charge in [0.2, 0.25) is 5.91 Å². The number of rotatable bonds is 8. The molecule has 0 atom stereocenters. The number of para-hydroxylation sites is 1. The Hall–Kier alpha value is -4.63. The topological polar surface area (TPSA) is 112 Å². The molecule has 0 saturated carbocycles. The van der Waals surface area contributed by atoms with Crippen molar-refractivity contribution in [1.82, 2.24) is 9.47 Å². The van der Waals surface area contributed by atoms with Crippen LogP contribution in [0.15, 0.2) is 72.9 Å². The number of carbonyl (C=O) groups excluding carboxylic acids is 2. The van der Waals surface area contributed by atoms with Gasteiger partial charge in [0.15, 0.2) is 6.29 Å². The van der Waals surface area contributed by atoms with Crippen LogP contribution in [-0.2, 0) is 0 Å². The molecule has 0 unspecified atom stereocenters. The number of methoxy groups -OCH3 is 1. The summed E-state index contributed by atoms with van der Waals surface area (Å²) in [6, 6.07) is 19.2. The zero-order chi connectivity index (χ0) is 28.2. The lowest BCUT2D eigenvalue weighted by Crippen LogP contribution is -2.47. The van der Waals surface area contributed by atoms with E-state index in [1.54, 1.807) is 47.2 Å². The third-order valence-electron chi connectivity index (χ3n) is 7.55. The van der Waals surface area contributed by atoms with Crippen molar-refractivity contribution in [1.29, 1.82) is 0 Å². The first kappa shape index (κ1) is 27.0. The molecule has 4 aromatic rings. The van der Waals surface area contributed by atoms with Gasteiger partial charge >= 0.3 is 6.09 Å². The van der Waals surface area contributed by atoms with Crippen LogP contribution in [0.1, 0.15) is 34.4 Å². The minimum absolute atomic E-state index is 0.0620. The van der Waals surface area contributed by atoms with E-state index >= 15 is 0 Å². The molecule has 0 spiro atoms. The number of likely N-dealkylation sites (tertiary alicyclic amines) is 1. The molecule has 40 heavy (non-hydrogen) atoms. The van der Waals surface area contributed by atoms with Gasteiger partial charge in [-0.1, -0.05) is 30.3 Å². The predicted octanol–water partition coefficient (Wildman–Crippen LogP) is 5.51. The monoisotopic (exact) mass is 541 g/mol. The number of aromatic hydroxyl groups is 1. The summed E-state index contributed by atoms with van der Waals surface area (Å²) in [5.41, 5.74) is 3.35. The van der Waals surface area contributed by atoms with Crippen LogP contribution in [0.5, 0.6) is 11.5 Å². The number of hydrogen-bond donors (Lipinski definition) is 2. The average molecular weight is 542 g/mol. The molecule has 2 heterocycles. The van der Waals surface area contributed by atoms with Gasteiger partial charge in [0, 0.05) is 55.3 Å². The number of carboxylic acid groups (broad SMARTS) is 1. The van der Waals surface area contributed by atoms with E-state index < -0.39 is 6.09 Å². The van der Waals surface area contributed by atoms with E-state index in [0.29, 0.717) is 61.4 Å². The smallest absolute Gasteiger partial charge is 0.412 e. The van der Waals surface area contributed by atoms with Crippen LogP contribution in [-0.4, -0.2) is 70.8 Å². The van der Waals surface area contributed by atoms with Crippen molar-refractivity contribution in [2.45, 2.75) is 25.3 Å². The lowest BCUT2D eigenvalue weighted by Gasteiger charge is -2.37. The quantitative estimate of drug-likeness (QED) is 0.283. The maximum absolute atomic E-state index is 13.1. The Morgan fingerprint density at radius 3 is 2.45 bits per heavy atom. The Morgan fingerprint density at radius 2 is 1.77 bits per heavy atom. The number of fused-ring (bicyclic) bond motifs is 1. The number of ether oxygens (including phenoxy) is 1. The Kier molecular flexibility index (Phi) is 7.84. The Morgan fingerprint density at radius 1 is 1.05 bits per heavy atom. The summed E-state index contributed by atoms with van der Waals surface area (Å²) in [4.78, 5) is 40.5.